The summed E-state index contributed by atoms with van der Waals surface area (Å²) in [4.78, 5) is 35.5. The van der Waals surface area contributed by atoms with Crippen molar-refractivity contribution in [2.75, 3.05) is 26.4 Å². The number of carbonyl (C=O) groups excluding carboxylic acids is 2. The number of carbonyl (C=O) groups is 2. The van der Waals surface area contributed by atoms with Gasteiger partial charge in [0.25, 0.3) is 0 Å². The molecular formula is C87H156NO8P. The molecule has 0 heterocycles. The van der Waals surface area contributed by atoms with Crippen LogP contribution in [0.1, 0.15) is 399 Å². The first kappa shape index (κ1) is 93.7. The van der Waals surface area contributed by atoms with Crippen LogP contribution in [-0.4, -0.2) is 49.3 Å². The number of allylic oxidation sites excluding steroid dienone is 18. The lowest BCUT2D eigenvalue weighted by molar-refractivity contribution is -0.161. The monoisotopic (exact) mass is 1370 g/mol. The summed E-state index contributed by atoms with van der Waals surface area (Å²) in [7, 11) is -4.40. The van der Waals surface area contributed by atoms with Gasteiger partial charge in [0.1, 0.15) is 6.61 Å². The molecule has 0 aliphatic rings. The molecule has 0 spiro atoms. The van der Waals surface area contributed by atoms with E-state index in [1.165, 1.54) is 270 Å². The molecule has 0 aromatic heterocycles. The third-order valence-corrected chi connectivity index (χ3v) is 19.1. The van der Waals surface area contributed by atoms with Crippen LogP contribution < -0.4 is 5.73 Å². The minimum Gasteiger partial charge on any atom is -0.462 e. The van der Waals surface area contributed by atoms with Crippen LogP contribution in [0.15, 0.2) is 109 Å². The summed E-state index contributed by atoms with van der Waals surface area (Å²) in [6.07, 6.45) is 114. The van der Waals surface area contributed by atoms with Crippen LogP contribution >= 0.6 is 7.82 Å². The van der Waals surface area contributed by atoms with Crippen LogP contribution in [-0.2, 0) is 32.7 Å². The van der Waals surface area contributed by atoms with Gasteiger partial charge in [-0.25, -0.2) is 4.57 Å². The predicted molar refractivity (Wildman–Crippen MR) is 422 cm³/mol. The lowest BCUT2D eigenvalue weighted by Crippen LogP contribution is -2.29. The zero-order valence-corrected chi connectivity index (χ0v) is 64.4. The highest BCUT2D eigenvalue weighted by Gasteiger charge is 2.26. The Morgan fingerprint density at radius 1 is 0.320 bits per heavy atom. The second-order valence-electron chi connectivity index (χ2n) is 27.6. The Morgan fingerprint density at radius 3 is 0.856 bits per heavy atom. The van der Waals surface area contributed by atoms with Gasteiger partial charge in [0.05, 0.1) is 13.2 Å². The molecule has 2 unspecified atom stereocenters. The molecule has 0 aliphatic heterocycles. The van der Waals surface area contributed by atoms with Gasteiger partial charge in [0, 0.05) is 19.4 Å². The van der Waals surface area contributed by atoms with E-state index < -0.39 is 26.5 Å². The molecule has 0 saturated carbocycles. The van der Waals surface area contributed by atoms with Crippen LogP contribution in [0.25, 0.3) is 0 Å². The normalized spacial score (nSPS) is 13.4. The lowest BCUT2D eigenvalue weighted by Gasteiger charge is -2.19. The van der Waals surface area contributed by atoms with Crippen molar-refractivity contribution < 1.29 is 37.6 Å². The van der Waals surface area contributed by atoms with E-state index in [1.54, 1.807) is 0 Å². The summed E-state index contributed by atoms with van der Waals surface area (Å²) in [5.41, 5.74) is 5.42. The fourth-order valence-corrected chi connectivity index (χ4v) is 12.8. The second kappa shape index (κ2) is 81.6. The van der Waals surface area contributed by atoms with Crippen LogP contribution in [0.3, 0.4) is 0 Å². The van der Waals surface area contributed by atoms with Crippen LogP contribution in [0.4, 0.5) is 0 Å². The van der Waals surface area contributed by atoms with Crippen molar-refractivity contribution in [3.05, 3.63) is 109 Å². The highest BCUT2D eigenvalue weighted by atomic mass is 31.2. The number of ether oxygens (including phenoxy) is 2. The molecule has 0 saturated heterocycles. The third kappa shape index (κ3) is 81.5. The average Bonchev–Trinajstić information content (AvgIpc) is 2.69. The Labute approximate surface area is 600 Å². The number of unbranched alkanes of at least 4 members (excludes halogenated alkanes) is 47. The maximum Gasteiger partial charge on any atom is 0.472 e. The number of phosphoric acid groups is 1. The number of hydrogen-bond acceptors (Lipinski definition) is 8. The summed E-state index contributed by atoms with van der Waals surface area (Å²) in [6, 6.07) is 0. The summed E-state index contributed by atoms with van der Waals surface area (Å²) in [6.45, 7) is 3.67. The van der Waals surface area contributed by atoms with Gasteiger partial charge < -0.3 is 20.1 Å². The molecule has 9 nitrogen and oxygen atoms in total. The molecule has 0 aliphatic carbocycles. The molecule has 0 rings (SSSR count). The van der Waals surface area contributed by atoms with Crippen molar-refractivity contribution in [3.63, 3.8) is 0 Å². The third-order valence-electron chi connectivity index (χ3n) is 18.1. The SMILES string of the molecule is CC/C=C\C/C=C\C/C=C\C/C=C\C/C=C\C/C=C\C/C=C\C/C=C\CCCCCCCCCCCCC(=O)OC(COC(=O)CCCCCCCCCCCCCCCCCCCCCCCCCCCCCCC/C=C\CCCCCCCCCC)COP(=O)(O)OCCN. The molecule has 0 fully saturated rings. The van der Waals surface area contributed by atoms with Crippen molar-refractivity contribution in [1.82, 2.24) is 0 Å². The van der Waals surface area contributed by atoms with Gasteiger partial charge in [-0.3, -0.25) is 18.6 Å². The van der Waals surface area contributed by atoms with Gasteiger partial charge in [0.15, 0.2) is 6.10 Å². The summed E-state index contributed by atoms with van der Waals surface area (Å²) >= 11 is 0. The predicted octanol–water partition coefficient (Wildman–Crippen LogP) is 28.0. The Hall–Kier alpha value is -3.33. The molecular weight excluding hydrogens is 1220 g/mol. The van der Waals surface area contributed by atoms with Gasteiger partial charge in [-0.15, -0.1) is 0 Å². The number of nitrogens with two attached hydrogens (primary N) is 1. The second-order valence-corrected chi connectivity index (χ2v) is 29.1. The fraction of sp³-hybridized carbons (Fsp3) is 0.770. The van der Waals surface area contributed by atoms with Gasteiger partial charge in [0.2, 0.25) is 0 Å². The lowest BCUT2D eigenvalue weighted by atomic mass is 10.0. The van der Waals surface area contributed by atoms with Crippen molar-refractivity contribution in [2.24, 2.45) is 5.73 Å². The number of rotatable bonds is 78. The minimum atomic E-state index is -4.40. The molecule has 0 aromatic carbocycles. The molecule has 0 bridgehead atoms. The zero-order chi connectivity index (χ0) is 70.0. The minimum absolute atomic E-state index is 0.0500. The maximum absolute atomic E-state index is 12.8. The Morgan fingerprint density at radius 2 is 0.567 bits per heavy atom. The zero-order valence-electron chi connectivity index (χ0n) is 63.6. The van der Waals surface area contributed by atoms with E-state index >= 15 is 0 Å². The van der Waals surface area contributed by atoms with Gasteiger partial charge >= 0.3 is 19.8 Å². The smallest absolute Gasteiger partial charge is 0.462 e. The average molecular weight is 1380 g/mol. The van der Waals surface area contributed by atoms with Gasteiger partial charge in [-0.05, 0) is 103 Å². The summed E-state index contributed by atoms with van der Waals surface area (Å²) in [5, 5.41) is 0. The largest absolute Gasteiger partial charge is 0.472 e. The number of phosphoric ester groups is 1. The molecule has 10 heteroatoms. The van der Waals surface area contributed by atoms with E-state index in [2.05, 4.69) is 123 Å². The van der Waals surface area contributed by atoms with Crippen molar-refractivity contribution in [2.45, 2.75) is 405 Å². The molecule has 3 N–H and O–H groups in total. The van der Waals surface area contributed by atoms with Crippen molar-refractivity contribution in [1.29, 1.82) is 0 Å². The van der Waals surface area contributed by atoms with E-state index in [1.807, 2.05) is 0 Å². The Kier molecular flexibility index (Phi) is 78.8. The van der Waals surface area contributed by atoms with Crippen LogP contribution in [0.2, 0.25) is 0 Å². The van der Waals surface area contributed by atoms with Crippen molar-refractivity contribution in [3.8, 4) is 0 Å². The molecule has 0 aromatic rings. The van der Waals surface area contributed by atoms with Crippen LogP contribution in [0.5, 0.6) is 0 Å². The van der Waals surface area contributed by atoms with E-state index in [0.717, 1.165) is 96.3 Å². The van der Waals surface area contributed by atoms with Crippen LogP contribution in [0, 0.1) is 0 Å². The Balaban J connectivity index is 3.79. The van der Waals surface area contributed by atoms with E-state index in [0.29, 0.717) is 6.42 Å². The van der Waals surface area contributed by atoms with E-state index in [4.69, 9.17) is 24.3 Å². The van der Waals surface area contributed by atoms with Crippen molar-refractivity contribution >= 4 is 19.8 Å². The summed E-state index contributed by atoms with van der Waals surface area (Å²) in [5.74, 6) is -0.821. The topological polar surface area (TPSA) is 134 Å². The summed E-state index contributed by atoms with van der Waals surface area (Å²) < 4.78 is 33.3. The molecule has 97 heavy (non-hydrogen) atoms. The number of hydrogen-bond donors (Lipinski definition) is 2. The fourth-order valence-electron chi connectivity index (χ4n) is 12.1. The first-order valence-corrected chi connectivity index (χ1v) is 42.9. The molecule has 562 valence electrons. The standard InChI is InChI=1S/C87H156NO8P/c1-3-5-7-9-11-13-15-17-19-21-23-25-27-29-31-33-35-37-39-40-41-42-43-44-46-47-49-51-53-55-57-59-61-63-65-67-69-71-73-75-77-79-86(89)93-83-85(84-95-97(91,92)94-82-81-88)96-87(90)80-78-76-74-72-70-68-66-64-62-60-58-56-54-52-50-48-45-38-36-34-32-30-28-26-24-22-20-18-16-14-12-10-8-6-4-2/h6,8,12,14,18,20-21,23-24,26,30,32,36,38,48,50,54,56,85H,3-5,7,9-11,13,15-17,19,22,25,27-29,31,33-35,37,39-47,49,51-53,55,57-84,88H2,1-2H3,(H,91,92)/b8-6-,14-12-,20-18-,23-21-,26-24-,32-30-,38-36-,50-48-,56-54-. The first-order chi connectivity index (χ1) is 47.8. The number of esters is 2. The van der Waals surface area contributed by atoms with Gasteiger partial charge in [-0.2, -0.15) is 0 Å². The first-order valence-electron chi connectivity index (χ1n) is 41.4. The van der Waals surface area contributed by atoms with Gasteiger partial charge in [-0.1, -0.05) is 393 Å². The Bertz CT molecular complexity index is 1970. The van der Waals surface area contributed by atoms with E-state index in [-0.39, 0.29) is 38.6 Å². The highest BCUT2D eigenvalue weighted by molar-refractivity contribution is 7.47. The molecule has 0 amide bonds. The highest BCUT2D eigenvalue weighted by Crippen LogP contribution is 2.43. The quantitative estimate of drug-likeness (QED) is 0.0264. The molecule has 0 radical (unpaired) electrons. The maximum atomic E-state index is 12.8. The molecule has 2 atom stereocenters. The van der Waals surface area contributed by atoms with E-state index in [9.17, 15) is 19.0 Å².